The Morgan fingerprint density at radius 1 is 0.645 bits per heavy atom. The summed E-state index contributed by atoms with van der Waals surface area (Å²) in [5.41, 5.74) is 0. The van der Waals surface area contributed by atoms with Crippen LogP contribution in [0.3, 0.4) is 0 Å². The van der Waals surface area contributed by atoms with Gasteiger partial charge in [0.2, 0.25) is 5.91 Å². The number of aliphatic hydroxyl groups is 2. The first-order valence-corrected chi connectivity index (χ1v) is 13.7. The van der Waals surface area contributed by atoms with Gasteiger partial charge in [0, 0.05) is 20.0 Å². The number of hydrogen-bond donors (Lipinski definition) is 2. The molecule has 0 aromatic heterocycles. The second kappa shape index (κ2) is 24.0. The summed E-state index contributed by atoms with van der Waals surface area (Å²) < 4.78 is 0. The molecule has 186 valence electrons. The highest BCUT2D eigenvalue weighted by Gasteiger charge is 2.12. The molecule has 4 heteroatoms. The van der Waals surface area contributed by atoms with E-state index in [-0.39, 0.29) is 19.1 Å². The van der Waals surface area contributed by atoms with E-state index in [1.165, 1.54) is 122 Å². The van der Waals surface area contributed by atoms with Crippen molar-refractivity contribution in [3.63, 3.8) is 0 Å². The van der Waals surface area contributed by atoms with Crippen molar-refractivity contribution in [2.24, 2.45) is 0 Å². The summed E-state index contributed by atoms with van der Waals surface area (Å²) in [6, 6.07) is 0. The van der Waals surface area contributed by atoms with Gasteiger partial charge in [0.1, 0.15) is 0 Å². The van der Waals surface area contributed by atoms with Crippen LogP contribution in [0.15, 0.2) is 0 Å². The average molecular weight is 442 g/mol. The van der Waals surface area contributed by atoms with Gasteiger partial charge in [-0.25, -0.2) is 0 Å². The van der Waals surface area contributed by atoms with Crippen LogP contribution in [0.2, 0.25) is 0 Å². The van der Waals surface area contributed by atoms with Crippen LogP contribution < -0.4 is 0 Å². The quantitative estimate of drug-likeness (QED) is 0.158. The SMILES string of the molecule is CCCCCCCCCCCCCCCCCCCCCCN(CC(O)CO)C(C)=O. The molecule has 0 bridgehead atoms. The Labute approximate surface area is 194 Å². The number of nitrogens with zero attached hydrogens (tertiary/aromatic N) is 1. The molecule has 0 radical (unpaired) electrons. The molecule has 0 heterocycles. The average Bonchev–Trinajstić information content (AvgIpc) is 2.76. The fraction of sp³-hybridized carbons (Fsp3) is 0.963. The lowest BCUT2D eigenvalue weighted by Gasteiger charge is -2.23. The molecule has 0 saturated heterocycles. The van der Waals surface area contributed by atoms with Crippen LogP contribution in [0.1, 0.15) is 142 Å². The summed E-state index contributed by atoms with van der Waals surface area (Å²) in [4.78, 5) is 13.2. The van der Waals surface area contributed by atoms with Crippen molar-refractivity contribution >= 4 is 5.91 Å². The minimum atomic E-state index is -0.825. The maximum Gasteiger partial charge on any atom is 0.219 e. The van der Waals surface area contributed by atoms with Crippen LogP contribution in [-0.4, -0.2) is 46.8 Å². The predicted molar refractivity (Wildman–Crippen MR) is 133 cm³/mol. The number of rotatable bonds is 24. The second-order valence-electron chi connectivity index (χ2n) is 9.52. The van der Waals surface area contributed by atoms with Gasteiger partial charge in [0.05, 0.1) is 12.7 Å². The predicted octanol–water partition coefficient (Wildman–Crippen LogP) is 7.01. The number of amides is 1. The summed E-state index contributed by atoms with van der Waals surface area (Å²) in [7, 11) is 0. The van der Waals surface area contributed by atoms with E-state index in [0.29, 0.717) is 6.54 Å². The molecule has 0 aliphatic rings. The molecule has 0 rings (SSSR count). The molecule has 1 atom stereocenters. The molecule has 2 N–H and O–H groups in total. The van der Waals surface area contributed by atoms with E-state index in [1.54, 1.807) is 4.90 Å². The number of carbonyl (C=O) groups is 1. The molecule has 31 heavy (non-hydrogen) atoms. The molecular weight excluding hydrogens is 386 g/mol. The number of carbonyl (C=O) groups excluding carboxylic acids is 1. The van der Waals surface area contributed by atoms with Gasteiger partial charge in [-0.3, -0.25) is 4.79 Å². The van der Waals surface area contributed by atoms with Gasteiger partial charge in [-0.05, 0) is 6.42 Å². The molecule has 0 aliphatic carbocycles. The van der Waals surface area contributed by atoms with Gasteiger partial charge >= 0.3 is 0 Å². The fourth-order valence-electron chi connectivity index (χ4n) is 4.25. The molecule has 0 spiro atoms. The minimum absolute atomic E-state index is 0.0229. The molecule has 4 nitrogen and oxygen atoms in total. The van der Waals surface area contributed by atoms with Crippen LogP contribution >= 0.6 is 0 Å². The minimum Gasteiger partial charge on any atom is -0.394 e. The second-order valence-corrected chi connectivity index (χ2v) is 9.52. The zero-order valence-electron chi connectivity index (χ0n) is 21.1. The van der Waals surface area contributed by atoms with E-state index < -0.39 is 6.10 Å². The lowest BCUT2D eigenvalue weighted by molar-refractivity contribution is -0.130. The molecule has 0 fully saturated rings. The van der Waals surface area contributed by atoms with Crippen LogP contribution in [0.5, 0.6) is 0 Å². The van der Waals surface area contributed by atoms with E-state index in [1.807, 2.05) is 0 Å². The normalized spacial score (nSPS) is 12.3. The van der Waals surface area contributed by atoms with Crippen molar-refractivity contribution in [3.05, 3.63) is 0 Å². The van der Waals surface area contributed by atoms with E-state index >= 15 is 0 Å². The third-order valence-electron chi connectivity index (χ3n) is 6.37. The van der Waals surface area contributed by atoms with E-state index in [2.05, 4.69) is 6.92 Å². The van der Waals surface area contributed by atoms with Gasteiger partial charge in [-0.2, -0.15) is 0 Å². The van der Waals surface area contributed by atoms with Gasteiger partial charge < -0.3 is 15.1 Å². The molecule has 0 aliphatic heterocycles. The Bertz CT molecular complexity index is 375. The lowest BCUT2D eigenvalue weighted by atomic mass is 10.0. The Balaban J connectivity index is 3.25. The smallest absolute Gasteiger partial charge is 0.219 e. The Morgan fingerprint density at radius 3 is 1.26 bits per heavy atom. The zero-order chi connectivity index (χ0) is 23.0. The van der Waals surface area contributed by atoms with Gasteiger partial charge in [-0.15, -0.1) is 0 Å². The number of unbranched alkanes of at least 4 members (excludes halogenated alkanes) is 19. The van der Waals surface area contributed by atoms with Crippen molar-refractivity contribution in [2.75, 3.05) is 19.7 Å². The zero-order valence-corrected chi connectivity index (χ0v) is 21.1. The third-order valence-corrected chi connectivity index (χ3v) is 6.37. The van der Waals surface area contributed by atoms with Crippen molar-refractivity contribution in [1.29, 1.82) is 0 Å². The number of aliphatic hydroxyl groups excluding tert-OH is 2. The van der Waals surface area contributed by atoms with Gasteiger partial charge in [0.25, 0.3) is 0 Å². The van der Waals surface area contributed by atoms with Crippen molar-refractivity contribution in [3.8, 4) is 0 Å². The Hall–Kier alpha value is -0.610. The van der Waals surface area contributed by atoms with Gasteiger partial charge in [-0.1, -0.05) is 129 Å². The highest BCUT2D eigenvalue weighted by Crippen LogP contribution is 2.15. The molecule has 0 aromatic carbocycles. The monoisotopic (exact) mass is 441 g/mol. The van der Waals surface area contributed by atoms with Crippen LogP contribution in [0, 0.1) is 0 Å². The first-order chi connectivity index (χ1) is 15.1. The topological polar surface area (TPSA) is 60.8 Å². The third kappa shape index (κ3) is 22.4. The maximum atomic E-state index is 11.6. The van der Waals surface area contributed by atoms with E-state index in [4.69, 9.17) is 5.11 Å². The molecule has 1 unspecified atom stereocenters. The number of hydrogen-bond acceptors (Lipinski definition) is 3. The molecule has 0 saturated carbocycles. The first-order valence-electron chi connectivity index (χ1n) is 13.7. The van der Waals surface area contributed by atoms with Crippen molar-refractivity contribution < 1.29 is 15.0 Å². The summed E-state index contributed by atoms with van der Waals surface area (Å²) >= 11 is 0. The van der Waals surface area contributed by atoms with Crippen LogP contribution in [0.4, 0.5) is 0 Å². The summed E-state index contributed by atoms with van der Waals surface area (Å²) in [5, 5.41) is 18.4. The van der Waals surface area contributed by atoms with Crippen LogP contribution in [0.25, 0.3) is 0 Å². The largest absolute Gasteiger partial charge is 0.394 e. The van der Waals surface area contributed by atoms with E-state index in [0.717, 1.165) is 12.8 Å². The van der Waals surface area contributed by atoms with E-state index in [9.17, 15) is 9.90 Å². The van der Waals surface area contributed by atoms with Crippen LogP contribution in [-0.2, 0) is 4.79 Å². The molecule has 1 amide bonds. The summed E-state index contributed by atoms with van der Waals surface area (Å²) in [6.07, 6.45) is 26.4. The Kier molecular flexibility index (Phi) is 23.6. The van der Waals surface area contributed by atoms with Crippen molar-refractivity contribution in [1.82, 2.24) is 4.90 Å². The molecular formula is C27H55NO3. The Morgan fingerprint density at radius 2 is 0.968 bits per heavy atom. The fourth-order valence-corrected chi connectivity index (χ4v) is 4.25. The maximum absolute atomic E-state index is 11.6. The summed E-state index contributed by atoms with van der Waals surface area (Å²) in [6.45, 7) is 4.45. The standard InChI is InChI=1S/C27H55NO3/c1-3-4-5-6-7-8-9-10-11-12-13-14-15-16-17-18-19-20-21-22-23-28(26(2)30)24-27(31)25-29/h27,29,31H,3-25H2,1-2H3. The molecule has 0 aromatic rings. The highest BCUT2D eigenvalue weighted by molar-refractivity contribution is 5.73. The lowest BCUT2D eigenvalue weighted by Crippen LogP contribution is -2.38. The first kappa shape index (κ1) is 30.4. The highest BCUT2D eigenvalue weighted by atomic mass is 16.3. The van der Waals surface area contributed by atoms with Crippen molar-refractivity contribution in [2.45, 2.75) is 148 Å². The summed E-state index contributed by atoms with van der Waals surface area (Å²) in [5.74, 6) is -0.0229. The van der Waals surface area contributed by atoms with Gasteiger partial charge in [0.15, 0.2) is 0 Å².